The number of amides is 1. The molecule has 2 rings (SSSR count). The van der Waals surface area contributed by atoms with Crippen molar-refractivity contribution in [2.75, 3.05) is 33.0 Å². The van der Waals surface area contributed by atoms with E-state index in [9.17, 15) is 13.2 Å². The molecule has 1 aromatic heterocycles. The van der Waals surface area contributed by atoms with Crippen molar-refractivity contribution in [1.29, 1.82) is 0 Å². The second kappa shape index (κ2) is 7.01. The van der Waals surface area contributed by atoms with Gasteiger partial charge in [0.05, 0.1) is 18.9 Å². The van der Waals surface area contributed by atoms with Gasteiger partial charge < -0.3 is 10.1 Å². The average Bonchev–Trinajstić information content (AvgIpc) is 2.52. The van der Waals surface area contributed by atoms with Crippen LogP contribution in [0.15, 0.2) is 12.4 Å². The number of rotatable bonds is 5. The minimum absolute atomic E-state index is 0.117. The first-order valence-corrected chi connectivity index (χ1v) is 8.84. The topological polar surface area (TPSA) is 101 Å². The van der Waals surface area contributed by atoms with Crippen LogP contribution in [0, 0.1) is 5.92 Å². The summed E-state index contributed by atoms with van der Waals surface area (Å²) in [5.74, 6) is -0.161. The summed E-state index contributed by atoms with van der Waals surface area (Å²) in [5.41, 5.74) is 0.344. The molecule has 0 saturated carbocycles. The number of methoxy groups -OCH3 is 1. The molecule has 1 aliphatic heterocycles. The lowest BCUT2D eigenvalue weighted by Gasteiger charge is -2.30. The maximum Gasteiger partial charge on any atom is 0.316 e. The zero-order valence-electron chi connectivity index (χ0n) is 12.7. The van der Waals surface area contributed by atoms with E-state index in [-0.39, 0.29) is 17.8 Å². The fourth-order valence-electron chi connectivity index (χ4n) is 2.37. The van der Waals surface area contributed by atoms with E-state index < -0.39 is 10.0 Å². The molecule has 0 aliphatic carbocycles. The second-order valence-corrected chi connectivity index (χ2v) is 7.28. The summed E-state index contributed by atoms with van der Waals surface area (Å²) in [7, 11) is -1.72. The standard InChI is InChI=1S/C13H20N4O4S/c1-21-13-15-7-11(8-16-13)12(18)14-6-10-4-3-5-17(9-10)22(2,19)20/h7-8,10H,3-6,9H2,1-2H3,(H,14,18). The molecule has 2 heterocycles. The first-order valence-electron chi connectivity index (χ1n) is 6.99. The van der Waals surface area contributed by atoms with Gasteiger partial charge in [0.1, 0.15) is 0 Å². The van der Waals surface area contributed by atoms with Gasteiger partial charge in [-0.2, -0.15) is 0 Å². The first-order chi connectivity index (χ1) is 10.4. The highest BCUT2D eigenvalue weighted by atomic mass is 32.2. The van der Waals surface area contributed by atoms with E-state index in [1.807, 2.05) is 0 Å². The fraction of sp³-hybridized carbons (Fsp3) is 0.615. The zero-order chi connectivity index (χ0) is 16.2. The third-order valence-electron chi connectivity index (χ3n) is 3.57. The van der Waals surface area contributed by atoms with Crippen molar-refractivity contribution in [3.63, 3.8) is 0 Å². The number of ether oxygens (including phenoxy) is 1. The average molecular weight is 328 g/mol. The number of piperidine rings is 1. The van der Waals surface area contributed by atoms with Crippen LogP contribution in [0.5, 0.6) is 6.01 Å². The Bertz CT molecular complexity index is 617. The smallest absolute Gasteiger partial charge is 0.316 e. The number of aromatic nitrogens is 2. The molecule has 1 aromatic rings. The Hall–Kier alpha value is -1.74. The summed E-state index contributed by atoms with van der Waals surface area (Å²) >= 11 is 0. The van der Waals surface area contributed by atoms with E-state index in [4.69, 9.17) is 4.74 Å². The van der Waals surface area contributed by atoms with Crippen molar-refractivity contribution in [1.82, 2.24) is 19.6 Å². The largest absolute Gasteiger partial charge is 0.467 e. The Morgan fingerprint density at radius 2 is 2.14 bits per heavy atom. The number of sulfonamides is 1. The lowest BCUT2D eigenvalue weighted by Crippen LogP contribution is -2.43. The molecule has 1 N–H and O–H groups in total. The molecule has 0 spiro atoms. The van der Waals surface area contributed by atoms with Crippen LogP contribution in [-0.4, -0.2) is 61.6 Å². The van der Waals surface area contributed by atoms with E-state index >= 15 is 0 Å². The molecular weight excluding hydrogens is 308 g/mol. The molecule has 1 aliphatic rings. The van der Waals surface area contributed by atoms with Crippen LogP contribution in [0.4, 0.5) is 0 Å². The molecule has 22 heavy (non-hydrogen) atoms. The van der Waals surface area contributed by atoms with Crippen LogP contribution in [-0.2, 0) is 10.0 Å². The predicted octanol–water partition coefficient (Wildman–Crippen LogP) is -0.113. The van der Waals surface area contributed by atoms with Crippen molar-refractivity contribution in [3.05, 3.63) is 18.0 Å². The molecule has 1 saturated heterocycles. The summed E-state index contributed by atoms with van der Waals surface area (Å²) in [6.07, 6.45) is 5.70. The quantitative estimate of drug-likeness (QED) is 0.809. The highest BCUT2D eigenvalue weighted by Gasteiger charge is 2.26. The van der Waals surface area contributed by atoms with Crippen molar-refractivity contribution in [2.24, 2.45) is 5.92 Å². The van der Waals surface area contributed by atoms with Gasteiger partial charge in [0, 0.05) is 32.0 Å². The Labute approximate surface area is 129 Å². The summed E-state index contributed by atoms with van der Waals surface area (Å²) in [6, 6.07) is 0.202. The molecule has 9 heteroatoms. The molecule has 8 nitrogen and oxygen atoms in total. The van der Waals surface area contributed by atoms with Crippen molar-refractivity contribution in [3.8, 4) is 6.01 Å². The highest BCUT2D eigenvalue weighted by molar-refractivity contribution is 7.88. The minimum Gasteiger partial charge on any atom is -0.467 e. The van der Waals surface area contributed by atoms with Crippen LogP contribution in [0.25, 0.3) is 0 Å². The van der Waals surface area contributed by atoms with Gasteiger partial charge in [-0.1, -0.05) is 0 Å². The molecular formula is C13H20N4O4S. The maximum atomic E-state index is 12.0. The summed E-state index contributed by atoms with van der Waals surface area (Å²) in [4.78, 5) is 19.8. The number of hydrogen-bond donors (Lipinski definition) is 1. The summed E-state index contributed by atoms with van der Waals surface area (Å²) in [5, 5.41) is 2.80. The van der Waals surface area contributed by atoms with Gasteiger partial charge in [-0.05, 0) is 18.8 Å². The van der Waals surface area contributed by atoms with E-state index in [1.165, 1.54) is 30.1 Å². The number of nitrogens with zero attached hydrogens (tertiary/aromatic N) is 3. The molecule has 0 radical (unpaired) electrons. The molecule has 1 atom stereocenters. The normalized spacial score (nSPS) is 19.6. The van der Waals surface area contributed by atoms with Crippen molar-refractivity contribution >= 4 is 15.9 Å². The van der Waals surface area contributed by atoms with Crippen molar-refractivity contribution < 1.29 is 17.9 Å². The van der Waals surface area contributed by atoms with E-state index in [0.717, 1.165) is 12.8 Å². The molecule has 1 unspecified atom stereocenters. The number of hydrogen-bond acceptors (Lipinski definition) is 6. The van der Waals surface area contributed by atoms with Crippen LogP contribution in [0.2, 0.25) is 0 Å². The minimum atomic E-state index is -3.17. The van der Waals surface area contributed by atoms with Gasteiger partial charge in [0.2, 0.25) is 10.0 Å². The molecule has 0 bridgehead atoms. The lowest BCUT2D eigenvalue weighted by atomic mass is 9.99. The van der Waals surface area contributed by atoms with E-state index in [2.05, 4.69) is 15.3 Å². The Balaban J connectivity index is 1.87. The van der Waals surface area contributed by atoms with Crippen LogP contribution >= 0.6 is 0 Å². The Morgan fingerprint density at radius 1 is 1.45 bits per heavy atom. The van der Waals surface area contributed by atoms with Gasteiger partial charge in [-0.15, -0.1) is 0 Å². The lowest BCUT2D eigenvalue weighted by molar-refractivity contribution is 0.0940. The molecule has 1 fully saturated rings. The van der Waals surface area contributed by atoms with Crippen LogP contribution in [0.1, 0.15) is 23.2 Å². The van der Waals surface area contributed by atoms with Gasteiger partial charge in [-0.3, -0.25) is 4.79 Å². The zero-order valence-corrected chi connectivity index (χ0v) is 13.5. The van der Waals surface area contributed by atoms with Crippen molar-refractivity contribution in [2.45, 2.75) is 12.8 Å². The SMILES string of the molecule is COc1ncc(C(=O)NCC2CCCN(S(C)(=O)=O)C2)cn1. The van der Waals surface area contributed by atoms with E-state index in [1.54, 1.807) is 0 Å². The number of carbonyl (C=O) groups is 1. The summed E-state index contributed by atoms with van der Waals surface area (Å²) in [6.45, 7) is 1.42. The monoisotopic (exact) mass is 328 g/mol. The van der Waals surface area contributed by atoms with Gasteiger partial charge in [0.25, 0.3) is 5.91 Å². The van der Waals surface area contributed by atoms with Gasteiger partial charge >= 0.3 is 6.01 Å². The second-order valence-electron chi connectivity index (χ2n) is 5.30. The third-order valence-corrected chi connectivity index (χ3v) is 4.84. The third kappa shape index (κ3) is 4.38. The molecule has 0 aromatic carbocycles. The Kier molecular flexibility index (Phi) is 5.30. The van der Waals surface area contributed by atoms with Crippen LogP contribution in [0.3, 0.4) is 0 Å². The number of nitrogens with one attached hydrogen (secondary N) is 1. The van der Waals surface area contributed by atoms with Crippen LogP contribution < -0.4 is 10.1 Å². The Morgan fingerprint density at radius 3 is 2.73 bits per heavy atom. The maximum absolute atomic E-state index is 12.0. The fourth-order valence-corrected chi connectivity index (χ4v) is 3.32. The van der Waals surface area contributed by atoms with E-state index in [0.29, 0.717) is 25.2 Å². The highest BCUT2D eigenvalue weighted by Crippen LogP contribution is 2.18. The predicted molar refractivity (Wildman–Crippen MR) is 80.1 cm³/mol. The van der Waals surface area contributed by atoms with Gasteiger partial charge in [0.15, 0.2) is 0 Å². The molecule has 122 valence electrons. The number of carbonyl (C=O) groups excluding carboxylic acids is 1. The van der Waals surface area contributed by atoms with Gasteiger partial charge in [-0.25, -0.2) is 22.7 Å². The first kappa shape index (κ1) is 16.6. The summed E-state index contributed by atoms with van der Waals surface area (Å²) < 4.78 is 29.4. The molecule has 1 amide bonds.